The molecule has 0 saturated carbocycles. The zero-order valence-corrected chi connectivity index (χ0v) is 19.1. The molecule has 0 aromatic heterocycles. The highest BCUT2D eigenvalue weighted by Crippen LogP contribution is 2.33. The molecule has 0 bridgehead atoms. The number of dihydropyridines is 1. The third-order valence-electron chi connectivity index (χ3n) is 6.19. The second kappa shape index (κ2) is 8.65. The van der Waals surface area contributed by atoms with Gasteiger partial charge in [-0.15, -0.1) is 0 Å². The standard InChI is InChI=1S/C21H23N5O8/c1-6-9-10(14(27)12-16(29)23(2)20(33)24(3)17(12)30)7-22-8-11(9)15(28)13-18(31)25(4)21(34)26(5)19(13)32/h7-9,12-13,22H,6H2,1-5H3. The number of hydrogen-bond acceptors (Lipinski definition) is 9. The second-order valence-electron chi connectivity index (χ2n) is 8.08. The van der Waals surface area contributed by atoms with Crippen molar-refractivity contribution in [3.05, 3.63) is 23.5 Å². The number of amides is 8. The van der Waals surface area contributed by atoms with Crippen LogP contribution >= 0.6 is 0 Å². The Bertz CT molecular complexity index is 990. The van der Waals surface area contributed by atoms with Gasteiger partial charge in [0, 0.05) is 57.7 Å². The van der Waals surface area contributed by atoms with E-state index in [1.165, 1.54) is 12.4 Å². The maximum atomic E-state index is 13.3. The Balaban J connectivity index is 1.94. The molecular weight excluding hydrogens is 450 g/mol. The van der Waals surface area contributed by atoms with Crippen LogP contribution in [0.4, 0.5) is 9.59 Å². The van der Waals surface area contributed by atoms with E-state index in [1.807, 2.05) is 0 Å². The number of ketones is 2. The maximum absolute atomic E-state index is 13.3. The summed E-state index contributed by atoms with van der Waals surface area (Å²) in [5, 5.41) is 2.61. The van der Waals surface area contributed by atoms with Crippen LogP contribution < -0.4 is 5.32 Å². The molecule has 0 aliphatic carbocycles. The van der Waals surface area contributed by atoms with Gasteiger partial charge in [-0.05, 0) is 6.42 Å². The van der Waals surface area contributed by atoms with Crippen molar-refractivity contribution in [3.8, 4) is 0 Å². The summed E-state index contributed by atoms with van der Waals surface area (Å²) in [6.45, 7) is 1.64. The number of carbonyl (C=O) groups is 8. The van der Waals surface area contributed by atoms with Crippen molar-refractivity contribution in [1.82, 2.24) is 24.9 Å². The second-order valence-corrected chi connectivity index (χ2v) is 8.08. The smallest absolute Gasteiger partial charge is 0.332 e. The van der Waals surface area contributed by atoms with Crippen LogP contribution in [0, 0.1) is 17.8 Å². The van der Waals surface area contributed by atoms with E-state index in [0.29, 0.717) is 19.6 Å². The first-order valence-corrected chi connectivity index (χ1v) is 10.3. The number of barbiturate groups is 2. The molecule has 3 aliphatic rings. The van der Waals surface area contributed by atoms with Crippen LogP contribution in [-0.2, 0) is 28.8 Å². The van der Waals surface area contributed by atoms with Crippen LogP contribution in [0.1, 0.15) is 13.3 Å². The van der Waals surface area contributed by atoms with Crippen LogP contribution in [0.5, 0.6) is 0 Å². The van der Waals surface area contributed by atoms with Gasteiger partial charge in [0.2, 0.25) is 0 Å². The van der Waals surface area contributed by atoms with Gasteiger partial charge >= 0.3 is 12.1 Å². The van der Waals surface area contributed by atoms with E-state index in [-0.39, 0.29) is 17.6 Å². The molecule has 13 heteroatoms. The SMILES string of the molecule is CCC1C(C(=O)C2C(=O)N(C)C(=O)N(C)C2=O)=CNC=C1C(=O)C1C(=O)N(C)C(=O)N(C)C1=O. The summed E-state index contributed by atoms with van der Waals surface area (Å²) in [6.07, 6.45) is 2.61. The van der Waals surface area contributed by atoms with Gasteiger partial charge in [-0.1, -0.05) is 6.92 Å². The molecule has 0 aromatic carbocycles. The third kappa shape index (κ3) is 3.49. The lowest BCUT2D eigenvalue weighted by Gasteiger charge is -2.35. The highest BCUT2D eigenvalue weighted by molar-refractivity contribution is 6.31. The van der Waals surface area contributed by atoms with Crippen molar-refractivity contribution in [2.75, 3.05) is 28.2 Å². The van der Waals surface area contributed by atoms with E-state index < -0.39 is 65.0 Å². The number of nitrogens with zero attached hydrogens (tertiary/aromatic N) is 4. The number of Topliss-reactive ketones (excluding diaryl/α,β-unsaturated/α-hetero) is 2. The molecule has 2 fully saturated rings. The first-order valence-electron chi connectivity index (χ1n) is 10.3. The Labute approximate surface area is 194 Å². The summed E-state index contributed by atoms with van der Waals surface area (Å²) in [7, 11) is 4.56. The normalized spacial score (nSPS) is 21.2. The van der Waals surface area contributed by atoms with Gasteiger partial charge in [0.15, 0.2) is 23.4 Å². The number of carbonyl (C=O) groups excluding carboxylic acids is 8. The molecule has 3 aliphatic heterocycles. The number of imide groups is 4. The highest BCUT2D eigenvalue weighted by atomic mass is 16.2. The monoisotopic (exact) mass is 473 g/mol. The fraction of sp³-hybridized carbons (Fsp3) is 0.429. The lowest BCUT2D eigenvalue weighted by molar-refractivity contribution is -0.153. The molecule has 0 atom stereocenters. The van der Waals surface area contributed by atoms with Crippen molar-refractivity contribution in [1.29, 1.82) is 0 Å². The van der Waals surface area contributed by atoms with E-state index in [2.05, 4.69) is 5.32 Å². The van der Waals surface area contributed by atoms with Crippen LogP contribution in [0.3, 0.4) is 0 Å². The molecule has 13 nitrogen and oxygen atoms in total. The van der Waals surface area contributed by atoms with Crippen LogP contribution in [0.15, 0.2) is 23.5 Å². The minimum Gasteiger partial charge on any atom is -0.367 e. The van der Waals surface area contributed by atoms with Crippen molar-refractivity contribution >= 4 is 47.3 Å². The minimum atomic E-state index is -1.82. The van der Waals surface area contributed by atoms with Crippen LogP contribution in [0.2, 0.25) is 0 Å². The van der Waals surface area contributed by atoms with Gasteiger partial charge in [-0.3, -0.25) is 48.4 Å². The molecular formula is C21H23N5O8. The summed E-state index contributed by atoms with van der Waals surface area (Å²) >= 11 is 0. The summed E-state index contributed by atoms with van der Waals surface area (Å²) in [5.41, 5.74) is -0.186. The Hall–Kier alpha value is -4.16. The molecule has 180 valence electrons. The number of rotatable bonds is 5. The molecule has 0 unspecified atom stereocenters. The zero-order chi connectivity index (χ0) is 25.6. The quantitative estimate of drug-likeness (QED) is 0.486. The van der Waals surface area contributed by atoms with E-state index in [4.69, 9.17) is 0 Å². The molecule has 3 heterocycles. The van der Waals surface area contributed by atoms with Gasteiger partial charge < -0.3 is 5.32 Å². The molecule has 34 heavy (non-hydrogen) atoms. The number of hydrogen-bond donors (Lipinski definition) is 1. The minimum absolute atomic E-state index is 0.0929. The van der Waals surface area contributed by atoms with Crippen molar-refractivity contribution in [2.45, 2.75) is 13.3 Å². The highest BCUT2D eigenvalue weighted by Gasteiger charge is 2.51. The largest absolute Gasteiger partial charge is 0.367 e. The van der Waals surface area contributed by atoms with Crippen LogP contribution in [-0.4, -0.2) is 95.0 Å². The number of nitrogens with one attached hydrogen (secondary N) is 1. The molecule has 0 radical (unpaired) electrons. The van der Waals surface area contributed by atoms with Gasteiger partial charge in [-0.25, -0.2) is 9.59 Å². The lowest BCUT2D eigenvalue weighted by atomic mass is 9.77. The van der Waals surface area contributed by atoms with Gasteiger partial charge in [0.25, 0.3) is 23.6 Å². The molecule has 1 N–H and O–H groups in total. The summed E-state index contributed by atoms with van der Waals surface area (Å²) in [6, 6.07) is -1.76. The maximum Gasteiger partial charge on any atom is 0.332 e. The fourth-order valence-electron chi connectivity index (χ4n) is 4.11. The first kappa shape index (κ1) is 24.5. The Morgan fingerprint density at radius 2 is 0.971 bits per heavy atom. The van der Waals surface area contributed by atoms with Crippen molar-refractivity contribution in [3.63, 3.8) is 0 Å². The predicted octanol–water partition coefficient (Wildman–Crippen LogP) is -1.14. The molecule has 0 aromatic rings. The summed E-state index contributed by atoms with van der Waals surface area (Å²) < 4.78 is 0. The van der Waals surface area contributed by atoms with Gasteiger partial charge in [-0.2, -0.15) is 0 Å². The Morgan fingerprint density at radius 3 is 1.24 bits per heavy atom. The van der Waals surface area contributed by atoms with E-state index >= 15 is 0 Å². The van der Waals surface area contributed by atoms with E-state index in [9.17, 15) is 38.4 Å². The van der Waals surface area contributed by atoms with Gasteiger partial charge in [0.1, 0.15) is 0 Å². The van der Waals surface area contributed by atoms with Gasteiger partial charge in [0.05, 0.1) is 0 Å². The summed E-state index contributed by atoms with van der Waals surface area (Å²) in [4.78, 5) is 104. The van der Waals surface area contributed by atoms with E-state index in [1.54, 1.807) is 6.92 Å². The Kier molecular flexibility index (Phi) is 6.23. The number of allylic oxidation sites excluding steroid dienone is 2. The molecule has 8 amide bonds. The Morgan fingerprint density at radius 1 is 0.676 bits per heavy atom. The topological polar surface area (TPSA) is 162 Å². The average Bonchev–Trinajstić information content (AvgIpc) is 2.83. The molecule has 0 spiro atoms. The molecule has 3 rings (SSSR count). The summed E-state index contributed by atoms with van der Waals surface area (Å²) in [5.74, 6) is -10.4. The average molecular weight is 473 g/mol. The first-order chi connectivity index (χ1) is 15.9. The van der Waals surface area contributed by atoms with Crippen molar-refractivity contribution < 1.29 is 38.4 Å². The molecule has 2 saturated heterocycles. The fourth-order valence-corrected chi connectivity index (χ4v) is 4.11. The number of urea groups is 2. The van der Waals surface area contributed by atoms with E-state index in [0.717, 1.165) is 28.2 Å². The van der Waals surface area contributed by atoms with Crippen molar-refractivity contribution in [2.24, 2.45) is 17.8 Å². The lowest BCUT2D eigenvalue weighted by Crippen LogP contribution is -2.60. The predicted molar refractivity (Wildman–Crippen MR) is 112 cm³/mol. The third-order valence-corrected chi connectivity index (χ3v) is 6.19. The zero-order valence-electron chi connectivity index (χ0n) is 19.1. The van der Waals surface area contributed by atoms with Crippen LogP contribution in [0.25, 0.3) is 0 Å².